The molecule has 0 fully saturated rings. The lowest BCUT2D eigenvalue weighted by atomic mass is 10.2. The van der Waals surface area contributed by atoms with Crippen molar-refractivity contribution in [1.82, 2.24) is 14.8 Å². The molecular weight excluding hydrogens is 365 g/mol. The van der Waals surface area contributed by atoms with Gasteiger partial charge in [0.15, 0.2) is 0 Å². The molecule has 1 amide bonds. The minimum Gasteiger partial charge on any atom is -0.345 e. The standard InChI is InChI=1S/C24H28FN3O/c1-19(2)26-15-24(29)28(17-20-7-4-3-5-8-20)18-23-9-6-14-27(23)16-21-10-12-22(25)13-11-21/h3-14,19,26H,15-18H2,1-2H3. The smallest absolute Gasteiger partial charge is 0.237 e. The van der Waals surface area contributed by atoms with E-state index in [9.17, 15) is 9.18 Å². The van der Waals surface area contributed by atoms with Crippen LogP contribution in [-0.2, 0) is 24.4 Å². The number of rotatable bonds is 9. The Morgan fingerprint density at radius 3 is 2.38 bits per heavy atom. The number of nitrogens with one attached hydrogen (secondary N) is 1. The molecule has 1 N–H and O–H groups in total. The zero-order valence-electron chi connectivity index (χ0n) is 17.0. The summed E-state index contributed by atoms with van der Waals surface area (Å²) in [4.78, 5) is 14.8. The molecule has 3 aromatic rings. The molecule has 0 spiro atoms. The third kappa shape index (κ3) is 6.29. The van der Waals surface area contributed by atoms with E-state index in [1.807, 2.05) is 67.4 Å². The van der Waals surface area contributed by atoms with E-state index in [0.717, 1.165) is 16.8 Å². The van der Waals surface area contributed by atoms with Crippen molar-refractivity contribution in [2.45, 2.75) is 39.5 Å². The van der Waals surface area contributed by atoms with E-state index in [-0.39, 0.29) is 17.8 Å². The Labute approximate surface area is 172 Å². The van der Waals surface area contributed by atoms with Crippen molar-refractivity contribution in [3.63, 3.8) is 0 Å². The van der Waals surface area contributed by atoms with Gasteiger partial charge >= 0.3 is 0 Å². The molecule has 152 valence electrons. The lowest BCUT2D eigenvalue weighted by Crippen LogP contribution is -2.39. The number of hydrogen-bond donors (Lipinski definition) is 1. The van der Waals surface area contributed by atoms with Crippen LogP contribution in [-0.4, -0.2) is 28.0 Å². The number of halogens is 1. The predicted molar refractivity (Wildman–Crippen MR) is 114 cm³/mol. The Morgan fingerprint density at radius 1 is 0.966 bits per heavy atom. The van der Waals surface area contributed by atoms with E-state index in [1.54, 1.807) is 12.1 Å². The van der Waals surface area contributed by atoms with Gasteiger partial charge in [0.05, 0.1) is 13.1 Å². The second-order valence-electron chi connectivity index (χ2n) is 7.52. The lowest BCUT2D eigenvalue weighted by Gasteiger charge is -2.24. The highest BCUT2D eigenvalue weighted by atomic mass is 19.1. The Kier molecular flexibility index (Phi) is 7.19. The summed E-state index contributed by atoms with van der Waals surface area (Å²) >= 11 is 0. The normalized spacial score (nSPS) is 11.0. The fraction of sp³-hybridized carbons (Fsp3) is 0.292. The molecule has 0 radical (unpaired) electrons. The van der Waals surface area contributed by atoms with Crippen LogP contribution in [0, 0.1) is 5.82 Å². The fourth-order valence-corrected chi connectivity index (χ4v) is 3.17. The molecule has 4 nitrogen and oxygen atoms in total. The summed E-state index contributed by atoms with van der Waals surface area (Å²) in [5.41, 5.74) is 3.16. The quantitative estimate of drug-likeness (QED) is 0.592. The third-order valence-corrected chi connectivity index (χ3v) is 4.77. The van der Waals surface area contributed by atoms with E-state index in [1.165, 1.54) is 12.1 Å². The van der Waals surface area contributed by atoms with Crippen LogP contribution in [0.3, 0.4) is 0 Å². The molecule has 2 aromatic carbocycles. The molecule has 0 saturated heterocycles. The SMILES string of the molecule is CC(C)NCC(=O)N(Cc1ccccc1)Cc1cccn1Cc1ccc(F)cc1. The average Bonchev–Trinajstić information content (AvgIpc) is 3.14. The van der Waals surface area contributed by atoms with Gasteiger partial charge in [-0.05, 0) is 35.4 Å². The van der Waals surface area contributed by atoms with Gasteiger partial charge in [0.1, 0.15) is 5.82 Å². The molecule has 29 heavy (non-hydrogen) atoms. The zero-order chi connectivity index (χ0) is 20.6. The summed E-state index contributed by atoms with van der Waals surface area (Å²) in [7, 11) is 0. The highest BCUT2D eigenvalue weighted by Gasteiger charge is 2.16. The van der Waals surface area contributed by atoms with Crippen LogP contribution < -0.4 is 5.32 Å². The largest absolute Gasteiger partial charge is 0.345 e. The van der Waals surface area contributed by atoms with E-state index in [4.69, 9.17) is 0 Å². The second-order valence-corrected chi connectivity index (χ2v) is 7.52. The molecule has 0 atom stereocenters. The maximum atomic E-state index is 13.2. The van der Waals surface area contributed by atoms with Crippen LogP contribution >= 0.6 is 0 Å². The summed E-state index contributed by atoms with van der Waals surface area (Å²) in [6.45, 7) is 6.08. The van der Waals surface area contributed by atoms with E-state index < -0.39 is 0 Å². The molecule has 1 aromatic heterocycles. The summed E-state index contributed by atoms with van der Waals surface area (Å²) in [6.07, 6.45) is 2.00. The summed E-state index contributed by atoms with van der Waals surface area (Å²) in [6, 6.07) is 20.8. The first-order chi connectivity index (χ1) is 14.0. The Balaban J connectivity index is 1.75. The minimum absolute atomic E-state index is 0.0667. The molecule has 0 unspecified atom stereocenters. The molecule has 0 saturated carbocycles. The molecule has 0 aliphatic rings. The molecule has 3 rings (SSSR count). The van der Waals surface area contributed by atoms with E-state index >= 15 is 0 Å². The summed E-state index contributed by atoms with van der Waals surface area (Å²) in [5, 5.41) is 3.22. The van der Waals surface area contributed by atoms with Crippen LogP contribution in [0.15, 0.2) is 72.9 Å². The second kappa shape index (κ2) is 10.0. The van der Waals surface area contributed by atoms with Gasteiger partial charge in [-0.3, -0.25) is 4.79 Å². The van der Waals surface area contributed by atoms with Crippen LogP contribution in [0.25, 0.3) is 0 Å². The number of amides is 1. The average molecular weight is 394 g/mol. The third-order valence-electron chi connectivity index (χ3n) is 4.77. The van der Waals surface area contributed by atoms with Crippen molar-refractivity contribution in [2.24, 2.45) is 0 Å². The molecule has 0 aliphatic heterocycles. The van der Waals surface area contributed by atoms with Crippen LogP contribution in [0.1, 0.15) is 30.7 Å². The van der Waals surface area contributed by atoms with Gasteiger partial charge < -0.3 is 14.8 Å². The van der Waals surface area contributed by atoms with Crippen LogP contribution in [0.4, 0.5) is 4.39 Å². The molecule has 0 aliphatic carbocycles. The number of nitrogens with zero attached hydrogens (tertiary/aromatic N) is 2. The van der Waals surface area contributed by atoms with Crippen molar-refractivity contribution in [1.29, 1.82) is 0 Å². The Hall–Kier alpha value is -2.92. The highest BCUT2D eigenvalue weighted by molar-refractivity contribution is 5.78. The van der Waals surface area contributed by atoms with Gasteiger partial charge in [-0.15, -0.1) is 0 Å². The minimum atomic E-state index is -0.237. The van der Waals surface area contributed by atoms with Crippen LogP contribution in [0.2, 0.25) is 0 Å². The maximum absolute atomic E-state index is 13.2. The first-order valence-corrected chi connectivity index (χ1v) is 9.95. The number of hydrogen-bond acceptors (Lipinski definition) is 2. The Morgan fingerprint density at radius 2 is 1.69 bits per heavy atom. The first-order valence-electron chi connectivity index (χ1n) is 9.95. The topological polar surface area (TPSA) is 37.3 Å². The van der Waals surface area contributed by atoms with Gasteiger partial charge in [0.2, 0.25) is 5.91 Å². The monoisotopic (exact) mass is 393 g/mol. The lowest BCUT2D eigenvalue weighted by molar-refractivity contribution is -0.131. The number of aromatic nitrogens is 1. The van der Waals surface area contributed by atoms with Gasteiger partial charge in [0, 0.05) is 31.0 Å². The van der Waals surface area contributed by atoms with Gasteiger partial charge in [-0.25, -0.2) is 4.39 Å². The highest BCUT2D eigenvalue weighted by Crippen LogP contribution is 2.14. The van der Waals surface area contributed by atoms with Crippen molar-refractivity contribution in [3.05, 3.63) is 95.6 Å². The van der Waals surface area contributed by atoms with Crippen molar-refractivity contribution >= 4 is 5.91 Å². The van der Waals surface area contributed by atoms with Gasteiger partial charge in [-0.1, -0.05) is 56.3 Å². The van der Waals surface area contributed by atoms with Crippen molar-refractivity contribution < 1.29 is 9.18 Å². The van der Waals surface area contributed by atoms with Gasteiger partial charge in [0.25, 0.3) is 0 Å². The van der Waals surface area contributed by atoms with E-state index in [2.05, 4.69) is 9.88 Å². The van der Waals surface area contributed by atoms with Crippen LogP contribution in [0.5, 0.6) is 0 Å². The first kappa shape index (κ1) is 20.8. The number of carbonyl (C=O) groups is 1. The van der Waals surface area contributed by atoms with Crippen molar-refractivity contribution in [2.75, 3.05) is 6.54 Å². The molecule has 1 heterocycles. The molecular formula is C24H28FN3O. The molecule has 5 heteroatoms. The fourth-order valence-electron chi connectivity index (χ4n) is 3.17. The summed E-state index contributed by atoms with van der Waals surface area (Å²) in [5.74, 6) is -0.171. The van der Waals surface area contributed by atoms with Gasteiger partial charge in [-0.2, -0.15) is 0 Å². The Bertz CT molecular complexity index is 903. The number of benzene rings is 2. The number of carbonyl (C=O) groups excluding carboxylic acids is 1. The van der Waals surface area contributed by atoms with Crippen molar-refractivity contribution in [3.8, 4) is 0 Å². The summed E-state index contributed by atoms with van der Waals surface area (Å²) < 4.78 is 15.3. The maximum Gasteiger partial charge on any atom is 0.237 e. The predicted octanol–water partition coefficient (Wildman–Crippen LogP) is 4.20. The van der Waals surface area contributed by atoms with E-state index in [0.29, 0.717) is 26.2 Å². The molecule has 0 bridgehead atoms. The zero-order valence-corrected chi connectivity index (χ0v) is 17.0.